The normalized spacial score (nSPS) is 23.7. The Morgan fingerprint density at radius 3 is 2.86 bits per heavy atom. The molecule has 1 aromatic carbocycles. The molecular weight excluding hydrogens is 354 g/mol. The van der Waals surface area contributed by atoms with Crippen LogP contribution in [0.1, 0.15) is 54.1 Å². The van der Waals surface area contributed by atoms with Crippen molar-refractivity contribution < 1.29 is 9.47 Å². The van der Waals surface area contributed by atoms with Gasteiger partial charge in [-0.25, -0.2) is 4.68 Å². The summed E-state index contributed by atoms with van der Waals surface area (Å²) < 4.78 is 12.8. The van der Waals surface area contributed by atoms with Crippen LogP contribution in [-0.4, -0.2) is 29.0 Å². The minimum absolute atomic E-state index is 0.0148. The third-order valence-corrected chi connectivity index (χ3v) is 6.25. The van der Waals surface area contributed by atoms with Crippen LogP contribution in [0.2, 0.25) is 0 Å². The molecule has 6 heteroatoms. The van der Waals surface area contributed by atoms with E-state index in [0.717, 1.165) is 68.7 Å². The number of nitrogens with zero attached hydrogens (tertiary/aromatic N) is 2. The second-order valence-corrected chi connectivity index (χ2v) is 8.13. The Labute approximate surface area is 164 Å². The van der Waals surface area contributed by atoms with Crippen molar-refractivity contribution >= 4 is 0 Å². The third kappa shape index (κ3) is 3.59. The van der Waals surface area contributed by atoms with Crippen LogP contribution < -0.4 is 15.6 Å². The minimum Gasteiger partial charge on any atom is -0.493 e. The fourth-order valence-electron chi connectivity index (χ4n) is 4.63. The molecule has 148 valence electrons. The van der Waals surface area contributed by atoms with Crippen LogP contribution in [0.3, 0.4) is 0 Å². The van der Waals surface area contributed by atoms with E-state index < -0.39 is 0 Å². The van der Waals surface area contributed by atoms with E-state index in [0.29, 0.717) is 19.3 Å². The van der Waals surface area contributed by atoms with Gasteiger partial charge in [0, 0.05) is 37.1 Å². The van der Waals surface area contributed by atoms with Gasteiger partial charge < -0.3 is 14.8 Å². The van der Waals surface area contributed by atoms with Gasteiger partial charge in [-0.15, -0.1) is 0 Å². The number of ether oxygens (including phenoxy) is 2. The van der Waals surface area contributed by atoms with Gasteiger partial charge in [0.2, 0.25) is 0 Å². The molecule has 2 aliphatic heterocycles. The molecule has 1 fully saturated rings. The van der Waals surface area contributed by atoms with Crippen molar-refractivity contribution in [2.24, 2.45) is 0 Å². The Kier molecular flexibility index (Phi) is 4.91. The quantitative estimate of drug-likeness (QED) is 0.882. The van der Waals surface area contributed by atoms with Crippen molar-refractivity contribution in [2.45, 2.75) is 63.8 Å². The van der Waals surface area contributed by atoms with Gasteiger partial charge in [-0.1, -0.05) is 12.1 Å². The van der Waals surface area contributed by atoms with Crippen molar-refractivity contribution in [1.82, 2.24) is 15.1 Å². The molecule has 28 heavy (non-hydrogen) atoms. The summed E-state index contributed by atoms with van der Waals surface area (Å²) in [5.74, 6) is 1.04. The van der Waals surface area contributed by atoms with Gasteiger partial charge in [0.1, 0.15) is 5.75 Å². The number of hydrogen-bond acceptors (Lipinski definition) is 5. The highest BCUT2D eigenvalue weighted by molar-refractivity contribution is 5.39. The highest BCUT2D eigenvalue weighted by Gasteiger charge is 2.25. The topological polar surface area (TPSA) is 65.4 Å². The van der Waals surface area contributed by atoms with Gasteiger partial charge in [-0.05, 0) is 42.9 Å². The Morgan fingerprint density at radius 2 is 1.96 bits per heavy atom. The number of fused-ring (bicyclic) bond motifs is 2. The van der Waals surface area contributed by atoms with Crippen LogP contribution in [0.4, 0.5) is 0 Å². The van der Waals surface area contributed by atoms with E-state index in [9.17, 15) is 4.79 Å². The van der Waals surface area contributed by atoms with Crippen LogP contribution >= 0.6 is 0 Å². The van der Waals surface area contributed by atoms with Gasteiger partial charge in [0.05, 0.1) is 31.6 Å². The van der Waals surface area contributed by atoms with Gasteiger partial charge >= 0.3 is 0 Å². The number of aromatic nitrogens is 2. The van der Waals surface area contributed by atoms with E-state index in [4.69, 9.17) is 9.47 Å². The molecular formula is C22H27N3O3. The summed E-state index contributed by atoms with van der Waals surface area (Å²) in [6, 6.07) is 8.96. The molecule has 1 aromatic heterocycles. The smallest absolute Gasteiger partial charge is 0.267 e. The van der Waals surface area contributed by atoms with Gasteiger partial charge in [0.25, 0.3) is 5.56 Å². The number of nitrogens with one attached hydrogen (secondary N) is 1. The van der Waals surface area contributed by atoms with Crippen molar-refractivity contribution in [3.05, 3.63) is 57.0 Å². The lowest BCUT2D eigenvalue weighted by atomic mass is 9.91. The van der Waals surface area contributed by atoms with Crippen LogP contribution in [-0.2, 0) is 30.7 Å². The Balaban J connectivity index is 1.18. The molecule has 3 heterocycles. The summed E-state index contributed by atoms with van der Waals surface area (Å²) in [6.45, 7) is 2.91. The first-order valence-corrected chi connectivity index (χ1v) is 10.4. The zero-order chi connectivity index (χ0) is 18.9. The average Bonchev–Trinajstić information content (AvgIpc) is 3.20. The fourth-order valence-corrected chi connectivity index (χ4v) is 4.63. The zero-order valence-corrected chi connectivity index (χ0v) is 16.2. The second kappa shape index (κ2) is 7.68. The monoisotopic (exact) mass is 381 g/mol. The number of hydrogen-bond donors (Lipinski definition) is 1. The Morgan fingerprint density at radius 1 is 1.07 bits per heavy atom. The first-order valence-electron chi connectivity index (χ1n) is 10.4. The summed E-state index contributed by atoms with van der Waals surface area (Å²) in [7, 11) is 0. The molecule has 0 unspecified atom stereocenters. The van der Waals surface area contributed by atoms with E-state index in [1.54, 1.807) is 10.7 Å². The highest BCUT2D eigenvalue weighted by Crippen LogP contribution is 2.29. The first kappa shape index (κ1) is 17.9. The Bertz CT molecular complexity index is 916. The first-order chi connectivity index (χ1) is 13.8. The minimum atomic E-state index is 0.0148. The Hall–Kier alpha value is -2.18. The molecule has 5 rings (SSSR count). The van der Waals surface area contributed by atoms with Crippen molar-refractivity contribution in [3.63, 3.8) is 0 Å². The van der Waals surface area contributed by atoms with Gasteiger partial charge in [-0.2, -0.15) is 5.10 Å². The molecule has 3 aliphatic rings. The van der Waals surface area contributed by atoms with Crippen molar-refractivity contribution in [1.29, 1.82) is 0 Å². The number of rotatable bonds is 4. The molecule has 0 atom stereocenters. The van der Waals surface area contributed by atoms with E-state index >= 15 is 0 Å². The van der Waals surface area contributed by atoms with E-state index in [1.165, 1.54) is 11.1 Å². The summed E-state index contributed by atoms with van der Waals surface area (Å²) in [4.78, 5) is 12.5. The fraction of sp³-hybridized carbons (Fsp3) is 0.545. The van der Waals surface area contributed by atoms with Crippen LogP contribution in [0.15, 0.2) is 29.1 Å². The maximum Gasteiger partial charge on any atom is 0.267 e. The second-order valence-electron chi connectivity index (χ2n) is 8.13. The SMILES string of the molecule is O=c1cc2c(nn1C1CCC(NCc3ccc4c(c3)CCO4)CC1)CCOC2. The highest BCUT2D eigenvalue weighted by atomic mass is 16.5. The van der Waals surface area contributed by atoms with E-state index in [1.807, 2.05) is 0 Å². The lowest BCUT2D eigenvalue weighted by Gasteiger charge is -2.30. The van der Waals surface area contributed by atoms with Crippen LogP contribution in [0, 0.1) is 0 Å². The molecule has 1 saturated carbocycles. The predicted octanol–water partition coefficient (Wildman–Crippen LogP) is 2.52. The van der Waals surface area contributed by atoms with E-state index in [2.05, 4.69) is 28.6 Å². The number of benzene rings is 1. The maximum absolute atomic E-state index is 12.5. The van der Waals surface area contributed by atoms with E-state index in [-0.39, 0.29) is 11.6 Å². The molecule has 0 amide bonds. The molecule has 1 N–H and O–H groups in total. The lowest BCUT2D eigenvalue weighted by Crippen LogP contribution is -2.37. The van der Waals surface area contributed by atoms with Crippen LogP contribution in [0.5, 0.6) is 5.75 Å². The third-order valence-electron chi connectivity index (χ3n) is 6.25. The molecule has 6 nitrogen and oxygen atoms in total. The summed E-state index contributed by atoms with van der Waals surface area (Å²) in [6.07, 6.45) is 5.97. The maximum atomic E-state index is 12.5. The van der Waals surface area contributed by atoms with Crippen molar-refractivity contribution in [3.8, 4) is 5.75 Å². The predicted molar refractivity (Wildman–Crippen MR) is 106 cm³/mol. The lowest BCUT2D eigenvalue weighted by molar-refractivity contribution is 0.107. The van der Waals surface area contributed by atoms with Gasteiger partial charge in [-0.3, -0.25) is 4.79 Å². The summed E-state index contributed by atoms with van der Waals surface area (Å²) in [5.41, 5.74) is 4.66. The molecule has 0 saturated heterocycles. The molecule has 0 radical (unpaired) electrons. The molecule has 1 aliphatic carbocycles. The average molecular weight is 381 g/mol. The summed E-state index contributed by atoms with van der Waals surface area (Å²) in [5, 5.41) is 8.38. The molecule has 2 aromatic rings. The largest absolute Gasteiger partial charge is 0.493 e. The van der Waals surface area contributed by atoms with Crippen LogP contribution in [0.25, 0.3) is 0 Å². The van der Waals surface area contributed by atoms with Gasteiger partial charge in [0.15, 0.2) is 0 Å². The summed E-state index contributed by atoms with van der Waals surface area (Å²) >= 11 is 0. The molecule has 0 bridgehead atoms. The zero-order valence-electron chi connectivity index (χ0n) is 16.2. The molecule has 0 spiro atoms. The van der Waals surface area contributed by atoms with Crippen molar-refractivity contribution in [2.75, 3.05) is 13.2 Å². The standard InChI is InChI=1S/C22H27N3O3/c26-22-12-17-14-27-9-8-20(17)24-25(22)19-4-2-18(3-5-19)23-13-15-1-6-21-16(11-15)7-10-28-21/h1,6,11-12,18-19,23H,2-5,7-10,13-14H2.